The van der Waals surface area contributed by atoms with E-state index in [0.717, 1.165) is 20.8 Å². The molecule has 8 aliphatic rings. The molecule has 43 nitrogen and oxygen atoms in total. The van der Waals surface area contributed by atoms with E-state index in [0.29, 0.717) is 0 Å². The van der Waals surface area contributed by atoms with E-state index >= 15 is 0 Å². The second-order valence-corrected chi connectivity index (χ2v) is 24.7. The Morgan fingerprint density at radius 1 is 0.289 bits per heavy atom. The number of carbonyl (C=O) groups excluding carboxylic acids is 3. The Morgan fingerprint density at radius 2 is 0.598 bits per heavy atom. The second kappa shape index (κ2) is 34.5. The van der Waals surface area contributed by atoms with Gasteiger partial charge in [0.15, 0.2) is 50.3 Å². The first-order valence-electron chi connectivity index (χ1n) is 31.0. The highest BCUT2D eigenvalue weighted by Gasteiger charge is 2.59. The summed E-state index contributed by atoms with van der Waals surface area (Å²) < 4.78 is 86.8. The molecule has 562 valence electrons. The first kappa shape index (κ1) is 79.6. The van der Waals surface area contributed by atoms with E-state index in [1.54, 1.807) is 0 Å². The molecule has 0 aromatic carbocycles. The number of rotatable bonds is 24. The number of nitrogens with one attached hydrogen (secondary N) is 3. The van der Waals surface area contributed by atoms with E-state index in [2.05, 4.69) is 16.0 Å². The topological polar surface area (TPSA) is 671 Å². The fraction of sp³-hybridized carbons (Fsp3) is 0.944. The summed E-state index contributed by atoms with van der Waals surface area (Å²) in [5, 5.41) is 247. The molecular weight excluding hydrogens is 1330 g/mol. The van der Waals surface area contributed by atoms with Crippen molar-refractivity contribution >= 4 is 17.7 Å². The Bertz CT molecular complexity index is 2490. The Hall–Kier alpha value is -3.07. The highest BCUT2D eigenvalue weighted by atomic mass is 16.8. The first-order chi connectivity index (χ1) is 45.8. The van der Waals surface area contributed by atoms with Crippen molar-refractivity contribution in [2.45, 2.75) is 273 Å². The lowest BCUT2D eigenvalue weighted by atomic mass is 9.94. The Morgan fingerprint density at radius 3 is 1.07 bits per heavy atom. The number of carbonyl (C=O) groups is 3. The van der Waals surface area contributed by atoms with Crippen LogP contribution in [0.3, 0.4) is 0 Å². The third kappa shape index (κ3) is 17.8. The number of ether oxygens (including phenoxy) is 15. The lowest BCUT2D eigenvalue weighted by Crippen LogP contribution is -2.70. The molecule has 8 saturated heterocycles. The lowest BCUT2D eigenvalue weighted by molar-refractivity contribution is -0.384. The van der Waals surface area contributed by atoms with Gasteiger partial charge in [-0.05, 0) is 6.92 Å². The Balaban J connectivity index is 1.01. The minimum Gasteiger partial charge on any atom is -0.394 e. The molecule has 8 fully saturated rings. The van der Waals surface area contributed by atoms with E-state index < -0.39 is 309 Å². The SMILES string of the molecule is CC(=O)N[C@@H]1[C@@H](O)[C@H](O[C@@H]2O[C@H](CO)[C@@H](O[C@@H]3O[C@H](CO[C@H]4O[C@H](CO[C@@H]5O[C@H](CO)[C@@H](O[C@@H]6O[C@H](CO)[C@H](O)[C@H](O)[C@H]6O)[C@H](O)[C@H]5NC(C)=O)[C@@H](O)[C@H](O)[C@@H]4O)[C@@H](O)[C@H](O[C@H]4O[C@H](CO)[C@@H](O)[C@H](O)[C@@H]4O)[C@@H]3O)[C@H](O)[C@H]2NC(C)=O)[C@@H](CO[C@H]2O[C@H](C)[C@H](O)[C@H](O)[C@H]2O)O[C@H]1O. The van der Waals surface area contributed by atoms with Crippen molar-refractivity contribution in [2.75, 3.05) is 46.2 Å². The average Bonchev–Trinajstić information content (AvgIpc) is 0.773. The summed E-state index contributed by atoms with van der Waals surface area (Å²) in [7, 11) is 0. The molecule has 8 aliphatic heterocycles. The number of hydrogen-bond acceptors (Lipinski definition) is 40. The van der Waals surface area contributed by atoms with Gasteiger partial charge in [-0.25, -0.2) is 0 Å². The van der Waals surface area contributed by atoms with Crippen LogP contribution >= 0.6 is 0 Å². The Labute approximate surface area is 549 Å². The van der Waals surface area contributed by atoms with Gasteiger partial charge in [0.1, 0.15) is 189 Å². The Kier molecular flexibility index (Phi) is 28.3. The van der Waals surface area contributed by atoms with Crippen molar-refractivity contribution in [2.24, 2.45) is 0 Å². The van der Waals surface area contributed by atoms with Crippen molar-refractivity contribution in [3.63, 3.8) is 0 Å². The van der Waals surface area contributed by atoms with Gasteiger partial charge < -0.3 is 199 Å². The summed E-state index contributed by atoms with van der Waals surface area (Å²) in [6.45, 7) is -2.33. The molecule has 0 aromatic heterocycles. The van der Waals surface area contributed by atoms with Crippen LogP contribution in [0.5, 0.6) is 0 Å². The molecule has 0 saturated carbocycles. The molecule has 25 N–H and O–H groups in total. The van der Waals surface area contributed by atoms with E-state index in [1.807, 2.05) is 0 Å². The normalized spacial score (nSPS) is 49.9. The van der Waals surface area contributed by atoms with E-state index in [9.17, 15) is 127 Å². The van der Waals surface area contributed by atoms with Crippen molar-refractivity contribution in [1.82, 2.24) is 16.0 Å². The summed E-state index contributed by atoms with van der Waals surface area (Å²) >= 11 is 0. The number of hydrogen-bond donors (Lipinski definition) is 25. The molecular formula is C54H91N3O40. The minimum atomic E-state index is -2.36. The van der Waals surface area contributed by atoms with Gasteiger partial charge in [-0.3, -0.25) is 14.4 Å². The molecule has 0 bridgehead atoms. The maximum absolute atomic E-state index is 12.9. The highest BCUT2D eigenvalue weighted by molar-refractivity contribution is 5.74. The van der Waals surface area contributed by atoms with Crippen LogP contribution in [0.4, 0.5) is 0 Å². The zero-order valence-corrected chi connectivity index (χ0v) is 52.2. The van der Waals surface area contributed by atoms with Crippen molar-refractivity contribution in [1.29, 1.82) is 0 Å². The van der Waals surface area contributed by atoms with Crippen molar-refractivity contribution < 1.29 is 198 Å². The van der Waals surface area contributed by atoms with Gasteiger partial charge in [-0.1, -0.05) is 0 Å². The van der Waals surface area contributed by atoms with E-state index in [-0.39, 0.29) is 0 Å². The van der Waals surface area contributed by atoms with Crippen LogP contribution in [0.1, 0.15) is 27.7 Å². The molecule has 97 heavy (non-hydrogen) atoms. The predicted molar refractivity (Wildman–Crippen MR) is 298 cm³/mol. The zero-order chi connectivity index (χ0) is 71.5. The maximum atomic E-state index is 12.9. The summed E-state index contributed by atoms with van der Waals surface area (Å²) in [4.78, 5) is 37.7. The molecule has 0 spiro atoms. The number of aliphatic hydroxyl groups excluding tert-OH is 22. The monoisotopic (exact) mass is 1420 g/mol. The van der Waals surface area contributed by atoms with Crippen LogP contribution < -0.4 is 16.0 Å². The van der Waals surface area contributed by atoms with Gasteiger partial charge in [0, 0.05) is 20.8 Å². The van der Waals surface area contributed by atoms with Crippen LogP contribution in [0.25, 0.3) is 0 Å². The van der Waals surface area contributed by atoms with E-state index in [4.69, 9.17) is 71.1 Å². The van der Waals surface area contributed by atoms with Gasteiger partial charge in [0.05, 0.1) is 52.4 Å². The minimum absolute atomic E-state index is 0.781. The van der Waals surface area contributed by atoms with Gasteiger partial charge in [-0.2, -0.15) is 0 Å². The summed E-state index contributed by atoms with van der Waals surface area (Å²) in [6, 6.07) is -5.21. The fourth-order valence-corrected chi connectivity index (χ4v) is 12.3. The molecule has 0 unspecified atom stereocenters. The van der Waals surface area contributed by atoms with Crippen LogP contribution in [0, 0.1) is 0 Å². The molecule has 43 heteroatoms. The van der Waals surface area contributed by atoms with Crippen LogP contribution in [0.15, 0.2) is 0 Å². The van der Waals surface area contributed by atoms with Crippen LogP contribution in [0.2, 0.25) is 0 Å². The smallest absolute Gasteiger partial charge is 0.217 e. The first-order valence-corrected chi connectivity index (χ1v) is 31.0. The van der Waals surface area contributed by atoms with Crippen molar-refractivity contribution in [3.05, 3.63) is 0 Å². The third-order valence-corrected chi connectivity index (χ3v) is 17.8. The number of aliphatic hydroxyl groups is 22. The number of amides is 3. The molecule has 0 aliphatic carbocycles. The highest BCUT2D eigenvalue weighted by Crippen LogP contribution is 2.37. The average molecular weight is 1420 g/mol. The van der Waals surface area contributed by atoms with Gasteiger partial charge in [-0.15, -0.1) is 0 Å². The molecule has 8 heterocycles. The lowest BCUT2D eigenvalue weighted by Gasteiger charge is -2.50. The molecule has 0 radical (unpaired) electrons. The van der Waals surface area contributed by atoms with Crippen LogP contribution in [-0.2, 0) is 85.4 Å². The molecule has 3 amide bonds. The van der Waals surface area contributed by atoms with Crippen LogP contribution in [-0.4, -0.2) is 422 Å². The van der Waals surface area contributed by atoms with Gasteiger partial charge in [0.2, 0.25) is 17.7 Å². The van der Waals surface area contributed by atoms with E-state index in [1.165, 1.54) is 6.92 Å². The second-order valence-electron chi connectivity index (χ2n) is 24.7. The fourth-order valence-electron chi connectivity index (χ4n) is 12.3. The van der Waals surface area contributed by atoms with Gasteiger partial charge in [0.25, 0.3) is 0 Å². The third-order valence-electron chi connectivity index (χ3n) is 17.8. The molecule has 0 aromatic rings. The van der Waals surface area contributed by atoms with Crippen molar-refractivity contribution in [3.8, 4) is 0 Å². The predicted octanol–water partition coefficient (Wildman–Crippen LogP) is -17.0. The quantitative estimate of drug-likeness (QED) is 0.0427. The zero-order valence-electron chi connectivity index (χ0n) is 52.2. The van der Waals surface area contributed by atoms with Gasteiger partial charge >= 0.3 is 0 Å². The summed E-state index contributed by atoms with van der Waals surface area (Å²) in [5.41, 5.74) is 0. The molecule has 8 rings (SSSR count). The standard InChI is InChI=1S/C54H91N3O40/c1-12-26(65)34(73)38(77)50(86-12)85-11-22-45(31(70)23(47(82)87-22)55-13(2)62)94-49-25(57-15(4)64)33(72)44(19(8-61)91-49)96-54-42(81)46(97-53-41(80)36(75)28(67)17(6-59)89-53)30(69)21(93-54)10-84-51-39(78)37(76)29(68)20(92-51)9-83-48-24(56-14(3)63)32(71)43(18(7-60)90-48)95-52-40(79)35(74)27(66)16(5-58)88-52/h12,16-54,58-61,65-82H,5-11H2,1-4H3,(H,55,62)(H,56,63)(H,57,64)/t12-,16-,17-,18-,19-,20-,21-,22-,23-,24-,25-,26+,27+,28-,29-,30-,31-,32-,33-,34+,35+,36+,37+,38-,39+,40-,41+,42+,43-,44-,45-,46+,47-,48-,49+,50+,51+,52+,53-,54+/m1/s1. The largest absolute Gasteiger partial charge is 0.394 e. The maximum Gasteiger partial charge on any atom is 0.217 e. The summed E-state index contributed by atoms with van der Waals surface area (Å²) in [6.07, 6.45) is -71.1. The molecule has 40 atom stereocenters. The summed E-state index contributed by atoms with van der Waals surface area (Å²) in [5.74, 6) is -2.51.